The number of ether oxygens (including phenoxy) is 4. The van der Waals surface area contributed by atoms with Crippen molar-refractivity contribution in [2.45, 2.75) is 288 Å². The smallest absolute Gasteiger partial charge is 0.220 e. The summed E-state index contributed by atoms with van der Waals surface area (Å²) in [5, 5.41) is 6.71. The van der Waals surface area contributed by atoms with Crippen molar-refractivity contribution in [2.75, 3.05) is 58.8 Å². The molecule has 1 unspecified atom stereocenters. The van der Waals surface area contributed by atoms with E-state index in [4.69, 9.17) is 18.9 Å². The number of rotatable bonds is 58. The molecule has 82 heavy (non-hydrogen) atoms. The Morgan fingerprint density at radius 1 is 0.622 bits per heavy atom. The van der Waals surface area contributed by atoms with E-state index in [2.05, 4.69) is 90.0 Å². The van der Waals surface area contributed by atoms with Crippen LogP contribution in [0, 0.1) is 0 Å². The number of Topliss-reactive ketones (excluding diaryl/α,β-unsaturated/α-hetero) is 1. The minimum atomic E-state index is -0.844. The lowest BCUT2D eigenvalue weighted by Gasteiger charge is -2.29. The van der Waals surface area contributed by atoms with Gasteiger partial charge < -0.3 is 34.5 Å². The van der Waals surface area contributed by atoms with Crippen molar-refractivity contribution in [2.24, 2.45) is 0 Å². The zero-order chi connectivity index (χ0) is 59.1. The SMILES string of the molecule is CCCCC/C=C\C/C=C\CCCCCCCCC1(CCCCCCCC/C=C\C/C=C\CCCCC)OCC(CN(C)CCCCCCCC(=O)CCCCC(=O)NCCOC(C)(C)OCCNC(=O)CCSSc2ccccn2)O1. The van der Waals surface area contributed by atoms with Crippen molar-refractivity contribution >= 4 is 39.2 Å². The summed E-state index contributed by atoms with van der Waals surface area (Å²) in [6.07, 6.45) is 61.8. The van der Waals surface area contributed by atoms with Crippen LogP contribution in [0.3, 0.4) is 0 Å². The van der Waals surface area contributed by atoms with E-state index in [-0.39, 0.29) is 17.9 Å². The molecule has 2 amide bonds. The molecular formula is C69H120N4O7S2. The van der Waals surface area contributed by atoms with Gasteiger partial charge in [-0.3, -0.25) is 14.4 Å². The number of allylic oxidation sites excluding steroid dienone is 8. The minimum Gasteiger partial charge on any atom is -0.354 e. The predicted molar refractivity (Wildman–Crippen MR) is 349 cm³/mol. The molecule has 0 aromatic carbocycles. The van der Waals surface area contributed by atoms with Crippen molar-refractivity contribution in [3.8, 4) is 0 Å². The van der Waals surface area contributed by atoms with Crippen molar-refractivity contribution in [1.82, 2.24) is 20.5 Å². The summed E-state index contributed by atoms with van der Waals surface area (Å²) >= 11 is 0. The Balaban J connectivity index is 1.54. The first kappa shape index (κ1) is 75.3. The molecule has 470 valence electrons. The lowest BCUT2D eigenvalue weighted by atomic mass is 9.98. The number of aromatic nitrogens is 1. The highest BCUT2D eigenvalue weighted by Gasteiger charge is 2.40. The number of unbranched alkanes of at least 4 members (excludes halogenated alkanes) is 23. The Bertz CT molecular complexity index is 1750. The quantitative estimate of drug-likeness (QED) is 0.0280. The molecule has 0 bridgehead atoms. The molecule has 13 heteroatoms. The van der Waals surface area contributed by atoms with Crippen molar-refractivity contribution in [3.63, 3.8) is 0 Å². The van der Waals surface area contributed by atoms with Gasteiger partial charge in [-0.05, 0) is 153 Å². The van der Waals surface area contributed by atoms with Gasteiger partial charge in [0.25, 0.3) is 0 Å². The number of nitrogens with zero attached hydrogens (tertiary/aromatic N) is 2. The average Bonchev–Trinajstić information content (AvgIpc) is 3.86. The van der Waals surface area contributed by atoms with Gasteiger partial charge in [0.15, 0.2) is 11.6 Å². The van der Waals surface area contributed by atoms with Crippen LogP contribution in [-0.4, -0.2) is 104 Å². The van der Waals surface area contributed by atoms with Gasteiger partial charge in [-0.1, -0.05) is 176 Å². The van der Waals surface area contributed by atoms with E-state index in [0.29, 0.717) is 76.6 Å². The number of pyridine rings is 1. The zero-order valence-electron chi connectivity index (χ0n) is 52.9. The second-order valence-electron chi connectivity index (χ2n) is 23.3. The summed E-state index contributed by atoms with van der Waals surface area (Å²) in [4.78, 5) is 43.8. The third-order valence-corrected chi connectivity index (χ3v) is 17.3. The molecule has 1 aromatic rings. The van der Waals surface area contributed by atoms with Gasteiger partial charge in [0.05, 0.1) is 25.9 Å². The molecule has 1 aliphatic heterocycles. The van der Waals surface area contributed by atoms with Crippen LogP contribution in [0.15, 0.2) is 78.0 Å². The van der Waals surface area contributed by atoms with Crippen molar-refractivity contribution in [1.29, 1.82) is 0 Å². The van der Waals surface area contributed by atoms with Crippen LogP contribution in [0.25, 0.3) is 0 Å². The number of carbonyl (C=O) groups is 3. The van der Waals surface area contributed by atoms with Gasteiger partial charge in [-0.15, -0.1) is 0 Å². The number of hydrogen-bond acceptors (Lipinski definition) is 11. The van der Waals surface area contributed by atoms with Crippen molar-refractivity contribution < 1.29 is 33.3 Å². The van der Waals surface area contributed by atoms with Crippen LogP contribution >= 0.6 is 21.6 Å². The normalized spacial score (nSPS) is 14.7. The average molecular weight is 1180 g/mol. The minimum absolute atomic E-state index is 0.0197. The van der Waals surface area contributed by atoms with Gasteiger partial charge in [-0.2, -0.15) is 0 Å². The fourth-order valence-electron chi connectivity index (χ4n) is 10.1. The monoisotopic (exact) mass is 1180 g/mol. The van der Waals surface area contributed by atoms with Gasteiger partial charge in [-0.25, -0.2) is 4.98 Å². The van der Waals surface area contributed by atoms with Crippen LogP contribution in [0.5, 0.6) is 0 Å². The van der Waals surface area contributed by atoms with Crippen LogP contribution < -0.4 is 10.6 Å². The largest absolute Gasteiger partial charge is 0.354 e. The standard InChI is InChI=1S/C69H120N4O7S2/c1-6-8-10-12-14-16-18-20-22-24-26-28-30-32-36-43-52-69(53-44-37-33-31-29-27-25-23-21-19-17-15-13-11-9-7-2)79-62-64(80-69)61-73(5)57-46-38-34-35-39-47-63(74)48-40-41-49-65(75)70-55-58-77-68(3,4)78-59-56-71-66(76)51-60-81-82-67-50-42-45-54-72-67/h14-17,20-23,42,45,50,54,64H,6-13,18-19,24-41,43-44,46-49,51-53,55-62H2,1-5H3,(H,70,75)(H,71,76)/b16-14-,17-15-,22-20-,23-21-. The lowest BCUT2D eigenvalue weighted by Crippen LogP contribution is -2.36. The molecular weight excluding hydrogens is 1060 g/mol. The summed E-state index contributed by atoms with van der Waals surface area (Å²) < 4.78 is 25.2. The third kappa shape index (κ3) is 46.5. The maximum absolute atomic E-state index is 12.6. The number of likely N-dealkylation sites (N-methyl/N-ethyl adjacent to an activating group) is 1. The number of carbonyl (C=O) groups excluding carboxylic acids is 3. The Morgan fingerprint density at radius 3 is 1.63 bits per heavy atom. The molecule has 0 saturated carbocycles. The number of ketones is 1. The molecule has 0 aliphatic carbocycles. The van der Waals surface area contributed by atoms with Crippen LogP contribution in [0.2, 0.25) is 0 Å². The van der Waals surface area contributed by atoms with E-state index < -0.39 is 11.6 Å². The molecule has 2 rings (SSSR count). The molecule has 0 spiro atoms. The molecule has 2 heterocycles. The Kier molecular flexibility index (Phi) is 49.3. The molecule has 0 radical (unpaired) electrons. The molecule has 11 nitrogen and oxygen atoms in total. The Hall–Kier alpha value is -2.78. The van der Waals surface area contributed by atoms with E-state index in [9.17, 15) is 14.4 Å². The van der Waals surface area contributed by atoms with Gasteiger partial charge in [0, 0.05) is 70.1 Å². The fraction of sp³-hybridized carbons (Fsp3) is 0.768. The van der Waals surface area contributed by atoms with E-state index in [0.717, 1.165) is 75.9 Å². The molecule has 1 aromatic heterocycles. The highest BCUT2D eigenvalue weighted by molar-refractivity contribution is 8.76. The summed E-state index contributed by atoms with van der Waals surface area (Å²) in [5.41, 5.74) is 0. The first-order chi connectivity index (χ1) is 40.1. The highest BCUT2D eigenvalue weighted by Crippen LogP contribution is 2.35. The van der Waals surface area contributed by atoms with E-state index >= 15 is 0 Å². The van der Waals surface area contributed by atoms with E-state index in [1.807, 2.05) is 32.0 Å². The number of nitrogens with one attached hydrogen (secondary N) is 2. The van der Waals surface area contributed by atoms with Gasteiger partial charge in [0.2, 0.25) is 11.8 Å². The maximum atomic E-state index is 12.6. The second kappa shape index (κ2) is 53.7. The summed E-state index contributed by atoms with van der Waals surface area (Å²) in [6.45, 7) is 12.2. The molecule has 1 saturated heterocycles. The summed E-state index contributed by atoms with van der Waals surface area (Å²) in [5.74, 6) is -0.320. The maximum Gasteiger partial charge on any atom is 0.220 e. The summed E-state index contributed by atoms with van der Waals surface area (Å²) in [6, 6.07) is 5.78. The molecule has 1 fully saturated rings. The van der Waals surface area contributed by atoms with Crippen molar-refractivity contribution in [3.05, 3.63) is 73.0 Å². The van der Waals surface area contributed by atoms with Gasteiger partial charge >= 0.3 is 0 Å². The van der Waals surface area contributed by atoms with Crippen LogP contribution in [-0.2, 0) is 33.3 Å². The molecule has 1 atom stereocenters. The predicted octanol–water partition coefficient (Wildman–Crippen LogP) is 18.1. The first-order valence-corrected chi connectivity index (χ1v) is 35.5. The Morgan fingerprint density at radius 2 is 1.10 bits per heavy atom. The van der Waals surface area contributed by atoms with Crippen LogP contribution in [0.4, 0.5) is 0 Å². The second-order valence-corrected chi connectivity index (χ2v) is 25.7. The zero-order valence-corrected chi connectivity index (χ0v) is 54.5. The highest BCUT2D eigenvalue weighted by atomic mass is 33.1. The molecule has 1 aliphatic rings. The topological polar surface area (TPSA) is 128 Å². The fourth-order valence-corrected chi connectivity index (χ4v) is 12.0. The van der Waals surface area contributed by atoms with E-state index in [1.54, 1.807) is 27.8 Å². The Labute approximate surface area is 510 Å². The summed E-state index contributed by atoms with van der Waals surface area (Å²) in [7, 11) is 5.39. The lowest BCUT2D eigenvalue weighted by molar-refractivity contribution is -0.211. The van der Waals surface area contributed by atoms with E-state index in [1.165, 1.54) is 148 Å². The molecule has 2 N–H and O–H groups in total. The first-order valence-electron chi connectivity index (χ1n) is 33.2. The van der Waals surface area contributed by atoms with Gasteiger partial charge in [0.1, 0.15) is 10.8 Å². The third-order valence-electron chi connectivity index (χ3n) is 15.0. The number of hydrogen-bond donors (Lipinski definition) is 2. The number of amides is 2. The van der Waals surface area contributed by atoms with Crippen LogP contribution in [0.1, 0.15) is 265 Å².